The quantitative estimate of drug-likeness (QED) is 0.446. The van der Waals surface area contributed by atoms with Crippen molar-refractivity contribution in [3.8, 4) is 0 Å². The zero-order valence-electron chi connectivity index (χ0n) is 8.59. The molecule has 0 aliphatic heterocycles. The Bertz CT molecular complexity index is 197. The van der Waals surface area contributed by atoms with E-state index in [9.17, 15) is 0 Å². The van der Waals surface area contributed by atoms with Gasteiger partial charge in [-0.1, -0.05) is 26.5 Å². The van der Waals surface area contributed by atoms with Crippen LogP contribution in [-0.2, 0) is 0 Å². The summed E-state index contributed by atoms with van der Waals surface area (Å²) < 4.78 is 0. The maximum absolute atomic E-state index is 4.32. The van der Waals surface area contributed by atoms with E-state index in [2.05, 4.69) is 32.3 Å². The number of allylic oxidation sites excluding steroid dienone is 2. The highest BCUT2D eigenvalue weighted by atomic mass is 14.7. The van der Waals surface area contributed by atoms with Crippen molar-refractivity contribution in [2.75, 3.05) is 0 Å². The lowest BCUT2D eigenvalue weighted by atomic mass is 10.1. The molecule has 0 aliphatic rings. The van der Waals surface area contributed by atoms with Gasteiger partial charge in [0.15, 0.2) is 0 Å². The predicted octanol–water partition coefficient (Wildman–Crippen LogP) is 3.58. The number of hydrogen-bond donors (Lipinski definition) is 0. The highest BCUT2D eigenvalue weighted by molar-refractivity contribution is 5.82. The molecule has 0 atom stereocenters. The van der Waals surface area contributed by atoms with Crippen molar-refractivity contribution >= 4 is 5.71 Å². The minimum Gasteiger partial charge on any atom is -0.266 e. The molecule has 0 heterocycles. The van der Waals surface area contributed by atoms with Gasteiger partial charge in [0, 0.05) is 11.9 Å². The van der Waals surface area contributed by atoms with Crippen LogP contribution in [0.3, 0.4) is 0 Å². The third-order valence-electron chi connectivity index (χ3n) is 1.51. The van der Waals surface area contributed by atoms with Gasteiger partial charge in [0.2, 0.25) is 0 Å². The first kappa shape index (κ1) is 11.2. The number of hydrogen-bond acceptors (Lipinski definition) is 1. The zero-order chi connectivity index (χ0) is 9.56. The maximum Gasteiger partial charge on any atom is 0.0296 e. The second-order valence-electron chi connectivity index (χ2n) is 3.54. The van der Waals surface area contributed by atoms with Gasteiger partial charge in [0.05, 0.1) is 0 Å². The molecule has 0 rings (SSSR count). The summed E-state index contributed by atoms with van der Waals surface area (Å²) in [7, 11) is 0. The molecule has 0 saturated heterocycles. The summed E-state index contributed by atoms with van der Waals surface area (Å²) in [5.74, 6) is 0.686. The number of nitrogens with zero attached hydrogens (tertiary/aromatic N) is 1. The van der Waals surface area contributed by atoms with Crippen molar-refractivity contribution in [3.05, 3.63) is 24.4 Å². The number of aliphatic imine (C=N–C) groups is 1. The van der Waals surface area contributed by atoms with Crippen molar-refractivity contribution in [3.63, 3.8) is 0 Å². The molecule has 0 amide bonds. The van der Waals surface area contributed by atoms with E-state index in [-0.39, 0.29) is 0 Å². The molecule has 1 heteroatoms. The first-order chi connectivity index (χ1) is 5.56. The van der Waals surface area contributed by atoms with Crippen molar-refractivity contribution in [2.24, 2.45) is 10.9 Å². The lowest BCUT2D eigenvalue weighted by Gasteiger charge is -2.01. The van der Waals surface area contributed by atoms with Gasteiger partial charge in [-0.3, -0.25) is 4.99 Å². The van der Waals surface area contributed by atoms with Crippen LogP contribution >= 0.6 is 0 Å². The van der Waals surface area contributed by atoms with Crippen LogP contribution in [0.5, 0.6) is 0 Å². The third-order valence-corrected chi connectivity index (χ3v) is 1.51. The fourth-order valence-electron chi connectivity index (χ4n) is 0.908. The summed E-state index contributed by atoms with van der Waals surface area (Å²) in [6.07, 6.45) is 4.75. The van der Waals surface area contributed by atoms with Gasteiger partial charge in [0.25, 0.3) is 0 Å². The molecule has 0 aromatic rings. The van der Waals surface area contributed by atoms with E-state index in [1.54, 1.807) is 0 Å². The van der Waals surface area contributed by atoms with Gasteiger partial charge >= 0.3 is 0 Å². The molecule has 0 fully saturated rings. The average molecular weight is 165 g/mol. The summed E-state index contributed by atoms with van der Waals surface area (Å²) >= 11 is 0. The van der Waals surface area contributed by atoms with E-state index >= 15 is 0 Å². The predicted molar refractivity (Wildman–Crippen MR) is 56.5 cm³/mol. The molecule has 68 valence electrons. The Morgan fingerprint density at radius 1 is 1.42 bits per heavy atom. The van der Waals surface area contributed by atoms with Gasteiger partial charge in [-0.15, -0.1) is 0 Å². The molecule has 0 unspecified atom stereocenters. The van der Waals surface area contributed by atoms with Crippen LogP contribution in [0, 0.1) is 5.92 Å². The molecule has 0 aromatic heterocycles. The summed E-state index contributed by atoms with van der Waals surface area (Å²) in [4.78, 5) is 4.32. The summed E-state index contributed by atoms with van der Waals surface area (Å²) in [6.45, 7) is 12.1. The standard InChI is InChI=1S/C11H19N/c1-6-10(4)8-12-11(5)7-9(2)3/h6,8-9H,1,7H2,2-5H3/b10-8-,12-11?. The van der Waals surface area contributed by atoms with Crippen LogP contribution in [0.4, 0.5) is 0 Å². The van der Waals surface area contributed by atoms with Crippen LogP contribution in [0.1, 0.15) is 34.1 Å². The Hall–Kier alpha value is -0.850. The molecule has 0 bridgehead atoms. The third kappa shape index (κ3) is 5.90. The Morgan fingerprint density at radius 3 is 2.42 bits per heavy atom. The van der Waals surface area contributed by atoms with Crippen LogP contribution in [0.15, 0.2) is 29.4 Å². The maximum atomic E-state index is 4.32. The van der Waals surface area contributed by atoms with E-state index in [0.29, 0.717) is 5.92 Å². The van der Waals surface area contributed by atoms with Crippen molar-refractivity contribution in [1.29, 1.82) is 0 Å². The van der Waals surface area contributed by atoms with E-state index in [0.717, 1.165) is 12.0 Å². The minimum atomic E-state index is 0.686. The number of rotatable bonds is 4. The lowest BCUT2D eigenvalue weighted by Crippen LogP contribution is -1.96. The van der Waals surface area contributed by atoms with Crippen molar-refractivity contribution in [2.45, 2.75) is 34.1 Å². The zero-order valence-corrected chi connectivity index (χ0v) is 8.59. The second kappa shape index (κ2) is 5.76. The SMILES string of the molecule is C=C/C(C)=C\N=C(C)CC(C)C. The Kier molecular flexibility index (Phi) is 5.35. The van der Waals surface area contributed by atoms with Crippen LogP contribution in [-0.4, -0.2) is 5.71 Å². The largest absolute Gasteiger partial charge is 0.266 e. The normalized spacial score (nSPS) is 13.8. The molecule has 1 nitrogen and oxygen atoms in total. The smallest absolute Gasteiger partial charge is 0.0296 e. The highest BCUT2D eigenvalue weighted by Crippen LogP contribution is 2.02. The van der Waals surface area contributed by atoms with Crippen LogP contribution < -0.4 is 0 Å². The summed E-state index contributed by atoms with van der Waals surface area (Å²) in [5.41, 5.74) is 2.30. The molecule has 0 spiro atoms. The first-order valence-corrected chi connectivity index (χ1v) is 4.38. The van der Waals surface area contributed by atoms with Crippen molar-refractivity contribution < 1.29 is 0 Å². The van der Waals surface area contributed by atoms with Gasteiger partial charge in [-0.25, -0.2) is 0 Å². The second-order valence-corrected chi connectivity index (χ2v) is 3.54. The van der Waals surface area contributed by atoms with Crippen LogP contribution in [0.25, 0.3) is 0 Å². The van der Waals surface area contributed by atoms with Gasteiger partial charge in [-0.2, -0.15) is 0 Å². The van der Waals surface area contributed by atoms with Gasteiger partial charge in [-0.05, 0) is 31.8 Å². The Morgan fingerprint density at radius 2 is 2.00 bits per heavy atom. The molecule has 0 saturated carbocycles. The summed E-state index contributed by atoms with van der Waals surface area (Å²) in [5, 5.41) is 0. The fourth-order valence-corrected chi connectivity index (χ4v) is 0.908. The molecular weight excluding hydrogens is 146 g/mol. The lowest BCUT2D eigenvalue weighted by molar-refractivity contribution is 0.682. The minimum absolute atomic E-state index is 0.686. The Balaban J connectivity index is 4.08. The summed E-state index contributed by atoms with van der Waals surface area (Å²) in [6, 6.07) is 0. The van der Waals surface area contributed by atoms with E-state index < -0.39 is 0 Å². The van der Waals surface area contributed by atoms with Gasteiger partial charge < -0.3 is 0 Å². The molecule has 12 heavy (non-hydrogen) atoms. The molecule has 0 N–H and O–H groups in total. The molecule has 0 aliphatic carbocycles. The monoisotopic (exact) mass is 165 g/mol. The molecule has 0 radical (unpaired) electrons. The highest BCUT2D eigenvalue weighted by Gasteiger charge is 1.94. The average Bonchev–Trinajstić information content (AvgIpc) is 1.99. The van der Waals surface area contributed by atoms with Gasteiger partial charge in [0.1, 0.15) is 0 Å². The Labute approximate surface area is 75.9 Å². The first-order valence-electron chi connectivity index (χ1n) is 4.38. The molecular formula is C11H19N. The topological polar surface area (TPSA) is 12.4 Å². The van der Waals surface area contributed by atoms with Crippen molar-refractivity contribution in [1.82, 2.24) is 0 Å². The molecule has 0 aromatic carbocycles. The van der Waals surface area contributed by atoms with Crippen LogP contribution in [0.2, 0.25) is 0 Å². The van der Waals surface area contributed by atoms with E-state index in [4.69, 9.17) is 0 Å². The van der Waals surface area contributed by atoms with E-state index in [1.807, 2.05) is 19.2 Å². The fraction of sp³-hybridized carbons (Fsp3) is 0.545. The van der Waals surface area contributed by atoms with E-state index in [1.165, 1.54) is 5.71 Å².